The van der Waals surface area contributed by atoms with Crippen molar-refractivity contribution in [3.05, 3.63) is 53.3 Å². The van der Waals surface area contributed by atoms with E-state index in [1.165, 1.54) is 0 Å². The maximum Gasteiger partial charge on any atom is 0.262 e. The Hall–Kier alpha value is -1.92. The van der Waals surface area contributed by atoms with Crippen LogP contribution in [0, 0.1) is 13.8 Å². The van der Waals surface area contributed by atoms with Crippen molar-refractivity contribution in [3.8, 4) is 0 Å². The predicted molar refractivity (Wildman–Crippen MR) is 83.7 cm³/mol. The minimum absolute atomic E-state index is 0.298. The first-order chi connectivity index (χ1) is 9.95. The number of hydrogen-bond donors (Lipinski definition) is 2. The van der Waals surface area contributed by atoms with Crippen LogP contribution in [0.1, 0.15) is 16.7 Å². The van der Waals surface area contributed by atoms with Crippen molar-refractivity contribution in [3.63, 3.8) is 0 Å². The number of sulfonamides is 1. The molecule has 0 bridgehead atoms. The zero-order chi connectivity index (χ0) is 15.5. The lowest BCUT2D eigenvalue weighted by molar-refractivity contribution is 0.600. The second-order valence-electron chi connectivity index (χ2n) is 4.87. The molecule has 0 aliphatic heterocycles. The molecule has 1 aromatic carbocycles. The number of benzene rings is 1. The van der Waals surface area contributed by atoms with E-state index in [2.05, 4.69) is 15.0 Å². The fourth-order valence-corrected chi connectivity index (χ4v) is 3.54. The highest BCUT2D eigenvalue weighted by molar-refractivity contribution is 7.92. The van der Waals surface area contributed by atoms with Crippen LogP contribution < -0.4 is 10.0 Å². The van der Waals surface area contributed by atoms with Crippen molar-refractivity contribution in [2.45, 2.75) is 25.3 Å². The monoisotopic (exact) mass is 305 g/mol. The normalized spacial score (nSPS) is 11.4. The Balaban J connectivity index is 2.41. The fraction of sp³-hybridized carbons (Fsp3) is 0.267. The Morgan fingerprint density at radius 1 is 1.19 bits per heavy atom. The van der Waals surface area contributed by atoms with E-state index >= 15 is 0 Å². The molecule has 0 radical (unpaired) electrons. The van der Waals surface area contributed by atoms with Crippen LogP contribution in [-0.2, 0) is 16.6 Å². The van der Waals surface area contributed by atoms with Crippen molar-refractivity contribution < 1.29 is 8.42 Å². The summed E-state index contributed by atoms with van der Waals surface area (Å²) >= 11 is 0. The van der Waals surface area contributed by atoms with Crippen LogP contribution in [0.5, 0.6) is 0 Å². The Labute approximate surface area is 125 Å². The molecule has 0 saturated heterocycles. The van der Waals surface area contributed by atoms with Gasteiger partial charge in [0.15, 0.2) is 0 Å². The van der Waals surface area contributed by atoms with Gasteiger partial charge in [0.05, 0.1) is 10.6 Å². The average molecular weight is 305 g/mol. The van der Waals surface area contributed by atoms with Gasteiger partial charge in [-0.1, -0.05) is 12.1 Å². The number of aryl methyl sites for hydroxylation is 1. The van der Waals surface area contributed by atoms with Crippen LogP contribution in [0.25, 0.3) is 0 Å². The minimum atomic E-state index is -3.61. The molecule has 0 aliphatic carbocycles. The molecule has 0 unspecified atom stereocenters. The Bertz CT molecular complexity index is 742. The third kappa shape index (κ3) is 3.40. The second kappa shape index (κ2) is 6.24. The molecule has 0 spiro atoms. The van der Waals surface area contributed by atoms with E-state index in [1.54, 1.807) is 30.6 Å². The van der Waals surface area contributed by atoms with Gasteiger partial charge in [0.2, 0.25) is 0 Å². The minimum Gasteiger partial charge on any atom is -0.316 e. The largest absolute Gasteiger partial charge is 0.316 e. The number of aromatic nitrogens is 1. The highest BCUT2D eigenvalue weighted by Crippen LogP contribution is 2.23. The third-order valence-electron chi connectivity index (χ3n) is 3.32. The quantitative estimate of drug-likeness (QED) is 0.888. The molecule has 21 heavy (non-hydrogen) atoms. The summed E-state index contributed by atoms with van der Waals surface area (Å²) in [6.07, 6.45) is 3.19. The van der Waals surface area contributed by atoms with Gasteiger partial charge in [-0.15, -0.1) is 0 Å². The first-order valence-electron chi connectivity index (χ1n) is 6.62. The molecule has 6 heteroatoms. The Kier molecular flexibility index (Phi) is 4.59. The maximum atomic E-state index is 12.6. The van der Waals surface area contributed by atoms with Gasteiger partial charge in [-0.3, -0.25) is 9.71 Å². The number of anilines is 1. The molecule has 0 atom stereocenters. The van der Waals surface area contributed by atoms with Crippen LogP contribution >= 0.6 is 0 Å². The van der Waals surface area contributed by atoms with E-state index < -0.39 is 10.0 Å². The van der Waals surface area contributed by atoms with Crippen molar-refractivity contribution >= 4 is 15.7 Å². The number of hydrogen-bond acceptors (Lipinski definition) is 4. The van der Waals surface area contributed by atoms with E-state index in [9.17, 15) is 8.42 Å². The van der Waals surface area contributed by atoms with E-state index in [-0.39, 0.29) is 0 Å². The van der Waals surface area contributed by atoms with E-state index in [0.717, 1.165) is 16.7 Å². The summed E-state index contributed by atoms with van der Waals surface area (Å²) in [7, 11) is -1.78. The lowest BCUT2D eigenvalue weighted by atomic mass is 10.1. The molecule has 2 aromatic rings. The molecule has 0 aliphatic rings. The molecule has 0 saturated carbocycles. The van der Waals surface area contributed by atoms with Crippen molar-refractivity contribution in [1.82, 2.24) is 10.3 Å². The summed E-state index contributed by atoms with van der Waals surface area (Å²) in [5, 5.41) is 3.04. The van der Waals surface area contributed by atoms with Gasteiger partial charge in [-0.05, 0) is 49.7 Å². The highest BCUT2D eigenvalue weighted by atomic mass is 32.2. The maximum absolute atomic E-state index is 12.6. The first kappa shape index (κ1) is 15.5. The number of rotatable bonds is 5. The molecule has 5 nitrogen and oxygen atoms in total. The molecule has 2 N–H and O–H groups in total. The first-order valence-corrected chi connectivity index (χ1v) is 8.10. The summed E-state index contributed by atoms with van der Waals surface area (Å²) in [4.78, 5) is 4.26. The van der Waals surface area contributed by atoms with Crippen LogP contribution in [0.2, 0.25) is 0 Å². The molecule has 112 valence electrons. The Morgan fingerprint density at radius 3 is 2.62 bits per heavy atom. The van der Waals surface area contributed by atoms with Gasteiger partial charge in [0.25, 0.3) is 10.0 Å². The van der Waals surface area contributed by atoms with Crippen molar-refractivity contribution in [1.29, 1.82) is 0 Å². The van der Waals surface area contributed by atoms with E-state index in [0.29, 0.717) is 17.1 Å². The standard InChI is InChI=1S/C15H19N3O2S/c1-11-9-17-8-7-14(11)18-21(19,20)15-6-4-5-13(10-16-3)12(15)2/h4-9,16H,10H2,1-3H3,(H,17,18). The predicted octanol–water partition coefficient (Wildman–Crippen LogP) is 2.22. The molecule has 1 heterocycles. The summed E-state index contributed by atoms with van der Waals surface area (Å²) in [5.41, 5.74) is 3.05. The van der Waals surface area contributed by atoms with Crippen LogP contribution in [-0.4, -0.2) is 20.4 Å². The van der Waals surface area contributed by atoms with Gasteiger partial charge in [0, 0.05) is 18.9 Å². The van der Waals surface area contributed by atoms with E-state index in [1.807, 2.05) is 27.0 Å². The summed E-state index contributed by atoms with van der Waals surface area (Å²) in [5.74, 6) is 0. The van der Waals surface area contributed by atoms with E-state index in [4.69, 9.17) is 0 Å². The Morgan fingerprint density at radius 2 is 1.95 bits per heavy atom. The third-order valence-corrected chi connectivity index (χ3v) is 4.83. The van der Waals surface area contributed by atoms with Crippen molar-refractivity contribution in [2.24, 2.45) is 0 Å². The zero-order valence-corrected chi connectivity index (χ0v) is 13.2. The summed E-state index contributed by atoms with van der Waals surface area (Å²) in [6, 6.07) is 6.95. The highest BCUT2D eigenvalue weighted by Gasteiger charge is 2.19. The SMILES string of the molecule is CNCc1cccc(S(=O)(=O)Nc2ccncc2C)c1C. The van der Waals surface area contributed by atoms with Gasteiger partial charge < -0.3 is 5.32 Å². The lowest BCUT2D eigenvalue weighted by Crippen LogP contribution is -2.16. The van der Waals surface area contributed by atoms with Crippen molar-refractivity contribution in [2.75, 3.05) is 11.8 Å². The van der Waals surface area contributed by atoms with Gasteiger partial charge in [0.1, 0.15) is 0 Å². The number of pyridine rings is 1. The van der Waals surface area contributed by atoms with Crippen LogP contribution in [0.15, 0.2) is 41.6 Å². The topological polar surface area (TPSA) is 71.1 Å². The van der Waals surface area contributed by atoms with Crippen LogP contribution in [0.3, 0.4) is 0 Å². The summed E-state index contributed by atoms with van der Waals surface area (Å²) in [6.45, 7) is 4.26. The van der Waals surface area contributed by atoms with Crippen LogP contribution in [0.4, 0.5) is 5.69 Å². The van der Waals surface area contributed by atoms with Gasteiger partial charge in [-0.25, -0.2) is 8.42 Å². The average Bonchev–Trinajstić information content (AvgIpc) is 2.43. The molecule has 1 aromatic heterocycles. The van der Waals surface area contributed by atoms with Gasteiger partial charge >= 0.3 is 0 Å². The fourth-order valence-electron chi connectivity index (χ4n) is 2.12. The molecule has 0 amide bonds. The van der Waals surface area contributed by atoms with Gasteiger partial charge in [-0.2, -0.15) is 0 Å². The smallest absolute Gasteiger partial charge is 0.262 e. The molecule has 0 fully saturated rings. The zero-order valence-electron chi connectivity index (χ0n) is 12.3. The molecular weight excluding hydrogens is 286 g/mol. The summed E-state index contributed by atoms with van der Waals surface area (Å²) < 4.78 is 27.8. The molecule has 2 rings (SSSR count). The number of nitrogens with zero attached hydrogens (tertiary/aromatic N) is 1. The number of nitrogens with one attached hydrogen (secondary N) is 2. The lowest BCUT2D eigenvalue weighted by Gasteiger charge is -2.14. The molecular formula is C15H19N3O2S. The second-order valence-corrected chi connectivity index (χ2v) is 6.52.